The van der Waals surface area contributed by atoms with Crippen molar-refractivity contribution in [3.05, 3.63) is 52.2 Å². The molecule has 2 amide bonds. The van der Waals surface area contributed by atoms with E-state index in [2.05, 4.69) is 10.2 Å². The maximum absolute atomic E-state index is 12.9. The van der Waals surface area contributed by atoms with Gasteiger partial charge in [0.25, 0.3) is 5.91 Å². The first-order chi connectivity index (χ1) is 12.2. The van der Waals surface area contributed by atoms with E-state index < -0.39 is 23.6 Å². The highest BCUT2D eigenvalue weighted by Crippen LogP contribution is 2.22. The van der Waals surface area contributed by atoms with Crippen LogP contribution in [0.3, 0.4) is 0 Å². The van der Waals surface area contributed by atoms with Gasteiger partial charge in [-0.1, -0.05) is 18.2 Å². The molecule has 2 aromatic rings. The molecule has 1 heterocycles. The molecule has 138 valence electrons. The van der Waals surface area contributed by atoms with Crippen LogP contribution in [0, 0.1) is 0 Å². The van der Waals surface area contributed by atoms with E-state index >= 15 is 0 Å². The molecule has 0 fully saturated rings. The summed E-state index contributed by atoms with van der Waals surface area (Å²) >= 11 is 0.979. The van der Waals surface area contributed by atoms with Crippen molar-refractivity contribution in [2.45, 2.75) is 26.4 Å². The summed E-state index contributed by atoms with van der Waals surface area (Å²) in [6.07, 6.45) is -0.764. The number of hydrogen-bond acceptors (Lipinski definition) is 6. The topological polar surface area (TPSA) is 84.9 Å². The Labute approximate surface area is 155 Å². The zero-order valence-electron chi connectivity index (χ0n) is 14.9. The van der Waals surface area contributed by atoms with Crippen LogP contribution >= 0.6 is 11.3 Å². The van der Waals surface area contributed by atoms with Gasteiger partial charge < -0.3 is 9.47 Å². The minimum Gasteiger partial charge on any atom is -0.465 e. The van der Waals surface area contributed by atoms with Gasteiger partial charge in [-0.25, -0.2) is 20.0 Å². The molecule has 0 bridgehead atoms. The van der Waals surface area contributed by atoms with Crippen LogP contribution in [0.1, 0.15) is 40.1 Å². The molecule has 1 aromatic heterocycles. The highest BCUT2D eigenvalue weighted by atomic mass is 32.1. The normalized spacial score (nSPS) is 10.8. The Hall–Kier alpha value is -2.87. The first-order valence-corrected chi connectivity index (χ1v) is 8.60. The zero-order valence-corrected chi connectivity index (χ0v) is 15.8. The van der Waals surface area contributed by atoms with E-state index in [1.807, 2.05) is 0 Å². The molecule has 0 spiro atoms. The first-order valence-electron chi connectivity index (χ1n) is 7.78. The van der Waals surface area contributed by atoms with E-state index in [-0.39, 0.29) is 4.88 Å². The van der Waals surface area contributed by atoms with Gasteiger partial charge in [-0.2, -0.15) is 0 Å². The van der Waals surface area contributed by atoms with Gasteiger partial charge in [0.15, 0.2) is 0 Å². The predicted molar refractivity (Wildman–Crippen MR) is 98.3 cm³/mol. The number of rotatable bonds is 3. The average molecular weight is 376 g/mol. The summed E-state index contributed by atoms with van der Waals surface area (Å²) in [7, 11) is 1.27. The SMILES string of the molecule is COC(=O)c1ccc(C(=O)N(NC(=O)OC(C)(C)C)c2ccccc2)s1. The largest absolute Gasteiger partial charge is 0.465 e. The highest BCUT2D eigenvalue weighted by Gasteiger charge is 2.25. The molecule has 7 nitrogen and oxygen atoms in total. The number of methoxy groups -OCH3 is 1. The minimum absolute atomic E-state index is 0.269. The van der Waals surface area contributed by atoms with Crippen molar-refractivity contribution in [1.29, 1.82) is 0 Å². The standard InChI is InChI=1S/C18H20N2O5S/c1-18(2,3)25-17(23)19-20(12-8-6-5-7-9-12)15(21)13-10-11-14(26-13)16(22)24-4/h5-11H,1-4H3,(H,19,23). The van der Waals surface area contributed by atoms with Crippen molar-refractivity contribution in [3.8, 4) is 0 Å². The Morgan fingerprint density at radius 2 is 1.62 bits per heavy atom. The molecule has 0 atom stereocenters. The number of anilines is 1. The maximum atomic E-state index is 12.9. The summed E-state index contributed by atoms with van der Waals surface area (Å²) in [5, 5.41) is 1.08. The Morgan fingerprint density at radius 3 is 2.19 bits per heavy atom. The van der Waals surface area contributed by atoms with E-state index in [1.54, 1.807) is 51.1 Å². The fourth-order valence-electron chi connectivity index (χ4n) is 1.98. The number of hydrazine groups is 1. The van der Waals surface area contributed by atoms with Crippen molar-refractivity contribution in [3.63, 3.8) is 0 Å². The van der Waals surface area contributed by atoms with Gasteiger partial charge in [0, 0.05) is 0 Å². The monoisotopic (exact) mass is 376 g/mol. The first kappa shape index (κ1) is 19.5. The van der Waals surface area contributed by atoms with Crippen LogP contribution in [0.2, 0.25) is 0 Å². The van der Waals surface area contributed by atoms with Crippen LogP contribution in [-0.2, 0) is 9.47 Å². The number of carbonyl (C=O) groups excluding carboxylic acids is 3. The third kappa shape index (κ3) is 5.06. The molecule has 0 aliphatic heterocycles. The highest BCUT2D eigenvalue weighted by molar-refractivity contribution is 7.16. The van der Waals surface area contributed by atoms with Crippen molar-refractivity contribution in [2.24, 2.45) is 0 Å². The number of carbonyl (C=O) groups is 3. The second-order valence-electron chi connectivity index (χ2n) is 6.25. The van der Waals surface area contributed by atoms with Gasteiger partial charge >= 0.3 is 12.1 Å². The molecule has 8 heteroatoms. The minimum atomic E-state index is -0.764. The van der Waals surface area contributed by atoms with Gasteiger partial charge in [-0.3, -0.25) is 4.79 Å². The predicted octanol–water partition coefficient (Wildman–Crippen LogP) is 3.62. The van der Waals surface area contributed by atoms with Gasteiger partial charge in [-0.05, 0) is 45.0 Å². The number of ether oxygens (including phenoxy) is 2. The fourth-order valence-corrected chi connectivity index (χ4v) is 2.83. The lowest BCUT2D eigenvalue weighted by molar-refractivity contribution is 0.0509. The smallest absolute Gasteiger partial charge is 0.427 e. The van der Waals surface area contributed by atoms with Gasteiger partial charge in [-0.15, -0.1) is 11.3 Å². The Kier molecular flexibility index (Phi) is 5.99. The Bertz CT molecular complexity index is 795. The number of amides is 2. The lowest BCUT2D eigenvalue weighted by Gasteiger charge is -2.25. The molecule has 26 heavy (non-hydrogen) atoms. The van der Waals surface area contributed by atoms with Gasteiger partial charge in [0.1, 0.15) is 10.5 Å². The molecule has 1 aromatic carbocycles. The van der Waals surface area contributed by atoms with E-state index in [4.69, 9.17) is 4.74 Å². The number of esters is 1. The van der Waals surface area contributed by atoms with Crippen LogP contribution in [0.25, 0.3) is 0 Å². The van der Waals surface area contributed by atoms with Gasteiger partial charge in [0.2, 0.25) is 0 Å². The molecule has 1 N–H and O–H groups in total. The zero-order chi connectivity index (χ0) is 19.3. The summed E-state index contributed by atoms with van der Waals surface area (Å²) in [4.78, 5) is 37.2. The molecule has 2 rings (SSSR count). The lowest BCUT2D eigenvalue weighted by atomic mass is 10.2. The number of benzene rings is 1. The lowest BCUT2D eigenvalue weighted by Crippen LogP contribution is -2.48. The van der Waals surface area contributed by atoms with Crippen LogP contribution in [0.15, 0.2) is 42.5 Å². The van der Waals surface area contributed by atoms with E-state index in [9.17, 15) is 14.4 Å². The summed E-state index contributed by atoms with van der Waals surface area (Å²) in [6, 6.07) is 11.6. The molecule has 0 saturated carbocycles. The van der Waals surface area contributed by atoms with Crippen molar-refractivity contribution >= 4 is 35.0 Å². The third-order valence-corrected chi connectivity index (χ3v) is 4.08. The Balaban J connectivity index is 2.28. The molecule has 0 radical (unpaired) electrons. The molecule has 0 aliphatic rings. The summed E-state index contributed by atoms with van der Waals surface area (Å²) in [5.74, 6) is -1.03. The van der Waals surface area contributed by atoms with Crippen molar-refractivity contribution in [2.75, 3.05) is 12.1 Å². The van der Waals surface area contributed by atoms with Gasteiger partial charge in [0.05, 0.1) is 17.7 Å². The van der Waals surface area contributed by atoms with E-state index in [0.29, 0.717) is 10.6 Å². The summed E-state index contributed by atoms with van der Waals surface area (Å²) in [5.41, 5.74) is 2.20. The molecule has 0 saturated heterocycles. The number of nitrogens with one attached hydrogen (secondary N) is 1. The summed E-state index contributed by atoms with van der Waals surface area (Å²) < 4.78 is 9.87. The van der Waals surface area contributed by atoms with E-state index in [0.717, 1.165) is 16.3 Å². The fraction of sp³-hybridized carbons (Fsp3) is 0.278. The maximum Gasteiger partial charge on any atom is 0.427 e. The van der Waals surface area contributed by atoms with Crippen LogP contribution in [-0.4, -0.2) is 30.7 Å². The van der Waals surface area contributed by atoms with Crippen LogP contribution in [0.5, 0.6) is 0 Å². The van der Waals surface area contributed by atoms with E-state index in [1.165, 1.54) is 19.2 Å². The average Bonchev–Trinajstić information content (AvgIpc) is 3.07. The molecule has 0 unspecified atom stereocenters. The molecular formula is C18H20N2O5S. The second kappa shape index (κ2) is 8.01. The number of hydrogen-bond donors (Lipinski definition) is 1. The number of thiophene rings is 1. The second-order valence-corrected chi connectivity index (χ2v) is 7.33. The summed E-state index contributed by atoms with van der Waals surface area (Å²) in [6.45, 7) is 5.18. The molecular weight excluding hydrogens is 356 g/mol. The van der Waals surface area contributed by atoms with Crippen LogP contribution < -0.4 is 10.4 Å². The Morgan fingerprint density at radius 1 is 1.00 bits per heavy atom. The van der Waals surface area contributed by atoms with Crippen molar-refractivity contribution < 1.29 is 23.9 Å². The number of para-hydroxylation sites is 1. The third-order valence-electron chi connectivity index (χ3n) is 3.02. The van der Waals surface area contributed by atoms with Crippen molar-refractivity contribution in [1.82, 2.24) is 5.43 Å². The quantitative estimate of drug-likeness (QED) is 0.653. The number of nitrogens with zero attached hydrogens (tertiary/aromatic N) is 1. The van der Waals surface area contributed by atoms with Crippen LogP contribution in [0.4, 0.5) is 10.5 Å². The molecule has 0 aliphatic carbocycles.